The number of likely N-dealkylation sites (N-methyl/N-ethyl adjacent to an activating group) is 1. The molecule has 0 aliphatic carbocycles. The third kappa shape index (κ3) is 3.11. The van der Waals surface area contributed by atoms with Gasteiger partial charge in [-0.05, 0) is 13.0 Å². The second kappa shape index (κ2) is 5.83. The fraction of sp³-hybridized carbons (Fsp3) is 0.583. The van der Waals surface area contributed by atoms with Gasteiger partial charge in [0.05, 0.1) is 7.11 Å². The van der Waals surface area contributed by atoms with Gasteiger partial charge in [-0.15, -0.1) is 0 Å². The van der Waals surface area contributed by atoms with Crippen molar-refractivity contribution >= 4 is 11.9 Å². The molecular formula is C12H19N5O2. The topological polar surface area (TPSA) is 93.4 Å². The Morgan fingerprint density at radius 2 is 2.47 bits per heavy atom. The molecule has 3 N–H and O–H groups in total. The highest BCUT2D eigenvalue weighted by molar-refractivity contribution is 5.96. The number of hydrogen-bond donors (Lipinski definition) is 2. The molecule has 1 saturated heterocycles. The van der Waals surface area contributed by atoms with Crippen LogP contribution in [0.3, 0.4) is 0 Å². The molecule has 19 heavy (non-hydrogen) atoms. The summed E-state index contributed by atoms with van der Waals surface area (Å²) in [4.78, 5) is 22.2. The number of carbonyl (C=O) groups is 1. The number of hydrogen-bond acceptors (Lipinski definition) is 6. The van der Waals surface area contributed by atoms with E-state index in [-0.39, 0.29) is 23.8 Å². The summed E-state index contributed by atoms with van der Waals surface area (Å²) in [5, 5.41) is 2.97. The van der Waals surface area contributed by atoms with Crippen molar-refractivity contribution in [1.82, 2.24) is 20.2 Å². The first-order valence-corrected chi connectivity index (χ1v) is 6.33. The Kier molecular flexibility index (Phi) is 4.16. The van der Waals surface area contributed by atoms with Crippen LogP contribution >= 0.6 is 0 Å². The van der Waals surface area contributed by atoms with Crippen molar-refractivity contribution in [2.45, 2.75) is 19.4 Å². The van der Waals surface area contributed by atoms with E-state index in [1.165, 1.54) is 13.3 Å². The number of nitrogens with two attached hydrogens (primary N) is 1. The standard InChI is InChI=1S/C12H19N5O2/c1-3-17-5-4-8(7-17)15-10(18)9-6-14-12(13)16-11(9)19-2/h6,8H,3-5,7H2,1-2H3,(H,15,18)(H2,13,14,16). The molecule has 2 heterocycles. The molecule has 1 aliphatic rings. The molecule has 2 rings (SSSR count). The van der Waals surface area contributed by atoms with Gasteiger partial charge in [0.2, 0.25) is 11.8 Å². The van der Waals surface area contributed by atoms with Gasteiger partial charge in [0.1, 0.15) is 5.56 Å². The van der Waals surface area contributed by atoms with Crippen LogP contribution in [0.15, 0.2) is 6.20 Å². The third-order valence-electron chi connectivity index (χ3n) is 3.27. The monoisotopic (exact) mass is 265 g/mol. The third-order valence-corrected chi connectivity index (χ3v) is 3.27. The number of amides is 1. The van der Waals surface area contributed by atoms with Gasteiger partial charge in [0.15, 0.2) is 0 Å². The minimum Gasteiger partial charge on any atom is -0.480 e. The maximum absolute atomic E-state index is 12.2. The maximum Gasteiger partial charge on any atom is 0.258 e. The number of nitrogen functional groups attached to an aromatic ring is 1. The minimum absolute atomic E-state index is 0.0893. The van der Waals surface area contributed by atoms with Gasteiger partial charge in [0.25, 0.3) is 5.91 Å². The lowest BCUT2D eigenvalue weighted by molar-refractivity contribution is 0.0933. The largest absolute Gasteiger partial charge is 0.480 e. The van der Waals surface area contributed by atoms with Crippen LogP contribution in [0.5, 0.6) is 5.88 Å². The van der Waals surface area contributed by atoms with Crippen molar-refractivity contribution in [3.05, 3.63) is 11.8 Å². The van der Waals surface area contributed by atoms with Gasteiger partial charge in [-0.3, -0.25) is 4.79 Å². The van der Waals surface area contributed by atoms with Crippen LogP contribution in [-0.4, -0.2) is 53.6 Å². The number of ether oxygens (including phenoxy) is 1. The molecule has 1 unspecified atom stereocenters. The van der Waals surface area contributed by atoms with Crippen molar-refractivity contribution in [2.24, 2.45) is 0 Å². The Bertz CT molecular complexity index is 465. The predicted octanol–water partition coefficient (Wildman–Crippen LogP) is -0.109. The second-order valence-electron chi connectivity index (χ2n) is 4.50. The van der Waals surface area contributed by atoms with Crippen LogP contribution in [0.25, 0.3) is 0 Å². The summed E-state index contributed by atoms with van der Waals surface area (Å²) in [5.74, 6) is 0.0709. The van der Waals surface area contributed by atoms with Crippen molar-refractivity contribution in [3.63, 3.8) is 0 Å². The zero-order chi connectivity index (χ0) is 13.8. The fourth-order valence-electron chi connectivity index (χ4n) is 2.19. The molecule has 1 aromatic heterocycles. The second-order valence-corrected chi connectivity index (χ2v) is 4.50. The molecule has 0 spiro atoms. The van der Waals surface area contributed by atoms with Gasteiger partial charge >= 0.3 is 0 Å². The lowest BCUT2D eigenvalue weighted by Crippen LogP contribution is -2.37. The van der Waals surface area contributed by atoms with E-state index in [4.69, 9.17) is 10.5 Å². The first-order chi connectivity index (χ1) is 9.13. The van der Waals surface area contributed by atoms with E-state index in [1.807, 2.05) is 0 Å². The van der Waals surface area contributed by atoms with Crippen molar-refractivity contribution < 1.29 is 9.53 Å². The molecule has 0 radical (unpaired) electrons. The smallest absolute Gasteiger partial charge is 0.258 e. The molecule has 1 amide bonds. The van der Waals surface area contributed by atoms with Crippen molar-refractivity contribution in [2.75, 3.05) is 32.5 Å². The lowest BCUT2D eigenvalue weighted by Gasteiger charge is -2.15. The van der Waals surface area contributed by atoms with Crippen molar-refractivity contribution in [1.29, 1.82) is 0 Å². The van der Waals surface area contributed by atoms with E-state index in [0.29, 0.717) is 5.56 Å². The van der Waals surface area contributed by atoms with Gasteiger partial charge in [-0.25, -0.2) is 4.98 Å². The Balaban J connectivity index is 2.04. The number of carbonyl (C=O) groups excluding carboxylic acids is 1. The van der Waals surface area contributed by atoms with Gasteiger partial charge in [0, 0.05) is 25.3 Å². The molecule has 104 valence electrons. The van der Waals surface area contributed by atoms with Crippen LogP contribution in [0, 0.1) is 0 Å². The zero-order valence-electron chi connectivity index (χ0n) is 11.2. The van der Waals surface area contributed by atoms with Crippen LogP contribution in [0.4, 0.5) is 5.95 Å². The van der Waals surface area contributed by atoms with E-state index >= 15 is 0 Å². The van der Waals surface area contributed by atoms with Gasteiger partial charge < -0.3 is 20.7 Å². The van der Waals surface area contributed by atoms with E-state index < -0.39 is 0 Å². The molecule has 1 atom stereocenters. The number of nitrogens with one attached hydrogen (secondary N) is 1. The summed E-state index contributed by atoms with van der Waals surface area (Å²) < 4.78 is 5.05. The quantitative estimate of drug-likeness (QED) is 0.789. The number of aromatic nitrogens is 2. The average Bonchev–Trinajstić information content (AvgIpc) is 2.86. The summed E-state index contributed by atoms with van der Waals surface area (Å²) >= 11 is 0. The van der Waals surface area contributed by atoms with E-state index in [2.05, 4.69) is 27.1 Å². The Labute approximate surface area is 112 Å². The van der Waals surface area contributed by atoms with E-state index in [9.17, 15) is 4.79 Å². The summed E-state index contributed by atoms with van der Waals surface area (Å²) in [7, 11) is 1.45. The van der Waals surface area contributed by atoms with Crippen molar-refractivity contribution in [3.8, 4) is 5.88 Å². The molecule has 1 aliphatic heterocycles. The number of anilines is 1. The van der Waals surface area contributed by atoms with E-state index in [0.717, 1.165) is 26.1 Å². The van der Waals surface area contributed by atoms with Gasteiger partial charge in [-0.1, -0.05) is 6.92 Å². The van der Waals surface area contributed by atoms with Crippen LogP contribution in [-0.2, 0) is 0 Å². The molecule has 0 bridgehead atoms. The van der Waals surface area contributed by atoms with Crippen LogP contribution < -0.4 is 15.8 Å². The maximum atomic E-state index is 12.2. The SMILES string of the molecule is CCN1CCC(NC(=O)c2cnc(N)nc2OC)C1. The summed E-state index contributed by atoms with van der Waals surface area (Å²) in [6.07, 6.45) is 2.35. The molecule has 7 heteroatoms. The number of nitrogens with zero attached hydrogens (tertiary/aromatic N) is 3. The Morgan fingerprint density at radius 1 is 1.68 bits per heavy atom. The number of rotatable bonds is 4. The minimum atomic E-state index is -0.222. The summed E-state index contributed by atoms with van der Waals surface area (Å²) in [6.45, 7) is 5.00. The molecule has 0 aromatic carbocycles. The van der Waals surface area contributed by atoms with E-state index in [1.54, 1.807) is 0 Å². The first-order valence-electron chi connectivity index (χ1n) is 6.33. The normalized spacial score (nSPS) is 19.4. The average molecular weight is 265 g/mol. The van der Waals surface area contributed by atoms with Gasteiger partial charge in [-0.2, -0.15) is 4.98 Å². The lowest BCUT2D eigenvalue weighted by atomic mass is 10.2. The highest BCUT2D eigenvalue weighted by atomic mass is 16.5. The Morgan fingerprint density at radius 3 is 3.11 bits per heavy atom. The predicted molar refractivity (Wildman–Crippen MR) is 71.0 cm³/mol. The zero-order valence-corrected chi connectivity index (χ0v) is 11.2. The fourth-order valence-corrected chi connectivity index (χ4v) is 2.19. The molecule has 1 fully saturated rings. The molecule has 0 saturated carbocycles. The van der Waals surface area contributed by atoms with Crippen LogP contribution in [0.1, 0.15) is 23.7 Å². The number of methoxy groups -OCH3 is 1. The number of likely N-dealkylation sites (tertiary alicyclic amines) is 1. The molecule has 7 nitrogen and oxygen atoms in total. The highest BCUT2D eigenvalue weighted by Crippen LogP contribution is 2.16. The highest BCUT2D eigenvalue weighted by Gasteiger charge is 2.24. The van der Waals surface area contributed by atoms with Crippen LogP contribution in [0.2, 0.25) is 0 Å². The first kappa shape index (κ1) is 13.5. The Hall–Kier alpha value is -1.89. The molecular weight excluding hydrogens is 246 g/mol. The molecule has 1 aromatic rings. The summed E-state index contributed by atoms with van der Waals surface area (Å²) in [5.41, 5.74) is 5.77. The summed E-state index contributed by atoms with van der Waals surface area (Å²) in [6, 6.07) is 0.162.